The Bertz CT molecular complexity index is 460. The molecule has 0 fully saturated rings. The van der Waals surface area contributed by atoms with Gasteiger partial charge in [-0.1, -0.05) is 0 Å². The molecule has 0 aliphatic carbocycles. The molecule has 1 aliphatic heterocycles. The van der Waals surface area contributed by atoms with Crippen molar-refractivity contribution in [2.45, 2.75) is 12.5 Å². The van der Waals surface area contributed by atoms with Gasteiger partial charge >= 0.3 is 12.0 Å². The van der Waals surface area contributed by atoms with Crippen molar-refractivity contribution in [2.75, 3.05) is 19.6 Å². The van der Waals surface area contributed by atoms with Gasteiger partial charge in [-0.2, -0.15) is 0 Å². The molecular weight excluding hydrogens is 254 g/mol. The number of hydrogen-bond donors (Lipinski definition) is 3. The van der Waals surface area contributed by atoms with Crippen LogP contribution in [0.3, 0.4) is 0 Å². The first kappa shape index (κ1) is 12.8. The average Bonchev–Trinajstić information content (AvgIpc) is 2.82. The van der Waals surface area contributed by atoms with Crippen LogP contribution in [0.5, 0.6) is 0 Å². The number of carboxylic acids is 1. The van der Waals surface area contributed by atoms with Gasteiger partial charge in [0.05, 0.1) is 0 Å². The van der Waals surface area contributed by atoms with Gasteiger partial charge in [-0.05, 0) is 23.4 Å². The number of nitrogens with one attached hydrogen (secondary N) is 1. The molecule has 0 radical (unpaired) electrons. The Balaban J connectivity index is 2.21. The van der Waals surface area contributed by atoms with Crippen molar-refractivity contribution in [1.29, 1.82) is 0 Å². The number of fused-ring (bicyclic) bond motifs is 1. The van der Waals surface area contributed by atoms with Crippen LogP contribution in [0, 0.1) is 0 Å². The molecule has 1 aromatic heterocycles. The number of nitrogens with zero attached hydrogens (tertiary/aromatic N) is 1. The normalized spacial score (nSPS) is 18.3. The summed E-state index contributed by atoms with van der Waals surface area (Å²) in [6, 6.07) is 0.517. The van der Waals surface area contributed by atoms with E-state index in [0.29, 0.717) is 26.1 Å². The van der Waals surface area contributed by atoms with Crippen LogP contribution in [0.2, 0.25) is 0 Å². The Morgan fingerprint density at radius 3 is 3.06 bits per heavy atom. The second kappa shape index (κ2) is 5.36. The molecule has 0 aromatic carbocycles. The first-order valence-corrected chi connectivity index (χ1v) is 6.56. The first-order valence-electron chi connectivity index (χ1n) is 5.68. The van der Waals surface area contributed by atoms with E-state index in [4.69, 9.17) is 5.73 Å². The first-order chi connectivity index (χ1) is 8.65. The summed E-state index contributed by atoms with van der Waals surface area (Å²) in [6.07, 6.45) is 0.701. The molecule has 1 aromatic rings. The van der Waals surface area contributed by atoms with Gasteiger partial charge in [0, 0.05) is 24.5 Å². The molecule has 7 heteroatoms. The minimum Gasteiger partial charge on any atom is -0.479 e. The van der Waals surface area contributed by atoms with Crippen molar-refractivity contribution >= 4 is 23.3 Å². The number of amides is 2. The minimum atomic E-state index is -1.00. The van der Waals surface area contributed by atoms with Gasteiger partial charge in [-0.3, -0.25) is 0 Å². The van der Waals surface area contributed by atoms with E-state index in [2.05, 4.69) is 5.32 Å². The summed E-state index contributed by atoms with van der Waals surface area (Å²) in [5.74, 6) is -1.00. The maximum Gasteiger partial charge on any atom is 0.331 e. The molecular formula is C11H15N3O3S. The zero-order chi connectivity index (χ0) is 13.1. The quantitative estimate of drug-likeness (QED) is 0.740. The third kappa shape index (κ3) is 2.32. The number of carboxylic acid groups (broad SMARTS) is 1. The van der Waals surface area contributed by atoms with Gasteiger partial charge in [0.1, 0.15) is 0 Å². The highest BCUT2D eigenvalue weighted by Crippen LogP contribution is 2.33. The predicted molar refractivity (Wildman–Crippen MR) is 67.6 cm³/mol. The third-order valence-corrected chi connectivity index (χ3v) is 3.88. The van der Waals surface area contributed by atoms with Crippen molar-refractivity contribution in [3.05, 3.63) is 21.9 Å². The SMILES string of the molecule is NCCNC(=O)N1CCc2sccc2C1C(=O)O. The molecule has 0 saturated carbocycles. The molecule has 0 saturated heterocycles. The van der Waals surface area contributed by atoms with Crippen molar-refractivity contribution in [3.63, 3.8) is 0 Å². The van der Waals surface area contributed by atoms with Crippen LogP contribution < -0.4 is 11.1 Å². The van der Waals surface area contributed by atoms with E-state index in [1.54, 1.807) is 6.07 Å². The van der Waals surface area contributed by atoms with E-state index >= 15 is 0 Å². The lowest BCUT2D eigenvalue weighted by Gasteiger charge is -2.33. The number of aliphatic carboxylic acids is 1. The van der Waals surface area contributed by atoms with E-state index in [1.165, 1.54) is 16.2 Å². The molecule has 4 N–H and O–H groups in total. The smallest absolute Gasteiger partial charge is 0.331 e. The van der Waals surface area contributed by atoms with Crippen molar-refractivity contribution in [2.24, 2.45) is 5.73 Å². The molecule has 2 rings (SSSR count). The maximum absolute atomic E-state index is 11.9. The number of hydrogen-bond acceptors (Lipinski definition) is 4. The van der Waals surface area contributed by atoms with Crippen molar-refractivity contribution < 1.29 is 14.7 Å². The second-order valence-corrected chi connectivity index (χ2v) is 5.00. The number of thiophene rings is 1. The molecule has 1 atom stereocenters. The zero-order valence-electron chi connectivity index (χ0n) is 9.76. The largest absolute Gasteiger partial charge is 0.479 e. The van der Waals surface area contributed by atoms with E-state index in [-0.39, 0.29) is 6.03 Å². The van der Waals surface area contributed by atoms with Gasteiger partial charge in [-0.25, -0.2) is 9.59 Å². The highest BCUT2D eigenvalue weighted by molar-refractivity contribution is 7.10. The van der Waals surface area contributed by atoms with Gasteiger partial charge in [-0.15, -0.1) is 11.3 Å². The van der Waals surface area contributed by atoms with Crippen LogP contribution in [0.1, 0.15) is 16.5 Å². The summed E-state index contributed by atoms with van der Waals surface area (Å²) in [6.45, 7) is 1.10. The molecule has 0 spiro atoms. The van der Waals surface area contributed by atoms with Gasteiger partial charge in [0.15, 0.2) is 6.04 Å². The Morgan fingerprint density at radius 1 is 1.61 bits per heavy atom. The Hall–Kier alpha value is -1.60. The fraction of sp³-hybridized carbons (Fsp3) is 0.455. The standard InChI is InChI=1S/C11H15N3O3S/c12-3-4-13-11(17)14-5-1-8-7(2-6-18-8)9(14)10(15)16/h2,6,9H,1,3-5,12H2,(H,13,17)(H,15,16). The minimum absolute atomic E-state index is 0.334. The van der Waals surface area contributed by atoms with Crippen LogP contribution in [-0.4, -0.2) is 41.6 Å². The topological polar surface area (TPSA) is 95.7 Å². The monoisotopic (exact) mass is 269 g/mol. The lowest BCUT2D eigenvalue weighted by molar-refractivity contribution is -0.142. The van der Waals surface area contributed by atoms with Gasteiger partial charge in [0.25, 0.3) is 0 Å². The van der Waals surface area contributed by atoms with Crippen molar-refractivity contribution in [1.82, 2.24) is 10.2 Å². The molecule has 18 heavy (non-hydrogen) atoms. The lowest BCUT2D eigenvalue weighted by atomic mass is 10.0. The van der Waals surface area contributed by atoms with E-state index in [0.717, 1.165) is 10.4 Å². The molecule has 6 nitrogen and oxygen atoms in total. The second-order valence-electron chi connectivity index (χ2n) is 4.00. The van der Waals surface area contributed by atoms with Crippen LogP contribution in [0.4, 0.5) is 4.79 Å². The molecule has 98 valence electrons. The Morgan fingerprint density at radius 2 is 2.39 bits per heavy atom. The average molecular weight is 269 g/mol. The van der Waals surface area contributed by atoms with E-state index in [9.17, 15) is 14.7 Å². The number of carbonyl (C=O) groups is 2. The molecule has 1 unspecified atom stereocenters. The fourth-order valence-electron chi connectivity index (χ4n) is 2.08. The van der Waals surface area contributed by atoms with Gasteiger partial charge in [0.2, 0.25) is 0 Å². The van der Waals surface area contributed by atoms with Crippen LogP contribution in [-0.2, 0) is 11.2 Å². The highest BCUT2D eigenvalue weighted by atomic mass is 32.1. The van der Waals surface area contributed by atoms with E-state index < -0.39 is 12.0 Å². The predicted octanol–water partition coefficient (Wildman–Crippen LogP) is 0.400. The number of nitrogens with two attached hydrogens (primary N) is 1. The third-order valence-electron chi connectivity index (χ3n) is 2.88. The zero-order valence-corrected chi connectivity index (χ0v) is 10.6. The molecule has 2 amide bonds. The molecule has 0 bridgehead atoms. The number of carbonyl (C=O) groups excluding carboxylic acids is 1. The highest BCUT2D eigenvalue weighted by Gasteiger charge is 2.36. The summed E-state index contributed by atoms with van der Waals surface area (Å²) in [5, 5.41) is 13.8. The Labute approximate surface area is 108 Å². The summed E-state index contributed by atoms with van der Waals surface area (Å²) < 4.78 is 0. The van der Waals surface area contributed by atoms with E-state index in [1.807, 2.05) is 5.38 Å². The van der Waals surface area contributed by atoms with Crippen LogP contribution in [0.25, 0.3) is 0 Å². The maximum atomic E-state index is 11.9. The summed E-state index contributed by atoms with van der Waals surface area (Å²) >= 11 is 1.54. The molecule has 2 heterocycles. The van der Waals surface area contributed by atoms with Crippen LogP contribution >= 0.6 is 11.3 Å². The Kier molecular flexibility index (Phi) is 3.83. The van der Waals surface area contributed by atoms with Gasteiger partial charge < -0.3 is 21.1 Å². The summed E-state index contributed by atoms with van der Waals surface area (Å²) in [7, 11) is 0. The number of urea groups is 1. The summed E-state index contributed by atoms with van der Waals surface area (Å²) in [4.78, 5) is 25.7. The number of rotatable bonds is 3. The van der Waals surface area contributed by atoms with Crippen molar-refractivity contribution in [3.8, 4) is 0 Å². The molecule has 1 aliphatic rings. The van der Waals surface area contributed by atoms with Crippen LogP contribution in [0.15, 0.2) is 11.4 Å². The lowest BCUT2D eigenvalue weighted by Crippen LogP contribution is -2.48. The summed E-state index contributed by atoms with van der Waals surface area (Å²) in [5.41, 5.74) is 6.04. The fourth-order valence-corrected chi connectivity index (χ4v) is 2.99.